The highest BCUT2D eigenvalue weighted by molar-refractivity contribution is 9.10. The van der Waals surface area contributed by atoms with Crippen LogP contribution in [0.2, 0.25) is 0 Å². The number of nitrogens with zero attached hydrogens (tertiary/aromatic N) is 5. The van der Waals surface area contributed by atoms with Crippen molar-refractivity contribution < 1.29 is 22.7 Å². The van der Waals surface area contributed by atoms with E-state index in [0.717, 1.165) is 31.6 Å². The van der Waals surface area contributed by atoms with Crippen molar-refractivity contribution in [3.63, 3.8) is 0 Å². The van der Waals surface area contributed by atoms with Crippen LogP contribution in [0.3, 0.4) is 0 Å². The molecule has 3 heterocycles. The van der Waals surface area contributed by atoms with Crippen LogP contribution in [-0.4, -0.2) is 59.0 Å². The fraction of sp³-hybridized carbons (Fsp3) is 0.290. The highest BCUT2D eigenvalue weighted by Crippen LogP contribution is 2.37. The third kappa shape index (κ3) is 7.14. The van der Waals surface area contributed by atoms with Crippen LogP contribution < -0.4 is 15.0 Å². The van der Waals surface area contributed by atoms with Crippen molar-refractivity contribution in [1.29, 1.82) is 0 Å². The van der Waals surface area contributed by atoms with Gasteiger partial charge in [0.2, 0.25) is 5.88 Å². The molecule has 2 aromatic heterocycles. The van der Waals surface area contributed by atoms with Crippen LogP contribution in [0.15, 0.2) is 71.5 Å². The van der Waals surface area contributed by atoms with Gasteiger partial charge in [0.25, 0.3) is 5.91 Å². The number of ether oxygens (including phenoxy) is 1. The molecule has 12 heteroatoms. The number of alkyl halides is 3. The molecule has 1 atom stereocenters. The Labute approximate surface area is 256 Å². The zero-order valence-electron chi connectivity index (χ0n) is 23.8. The van der Waals surface area contributed by atoms with E-state index in [1.165, 1.54) is 12.1 Å². The van der Waals surface area contributed by atoms with E-state index in [9.17, 15) is 18.0 Å². The standard InChI is InChI=1S/C31H30BrF3N6O2/c1-4-28-36-12-9-25(38-28)24-6-5-11-37-30(24)43-23-15-19(14-21(32)17-23)29(42)39-26-16-20(31(33,34)35)7-8-27(26)41(3)22-10-13-40(2)18-22/h5-9,11-12,14-17,22H,4,10,13,18H2,1-3H3,(H,39,42)/t22-/m1/s1. The number of rotatable bonds is 8. The molecule has 43 heavy (non-hydrogen) atoms. The molecular weight excluding hydrogens is 625 g/mol. The second-order valence-corrected chi connectivity index (χ2v) is 11.3. The summed E-state index contributed by atoms with van der Waals surface area (Å²) in [7, 11) is 3.83. The minimum atomic E-state index is -4.57. The predicted molar refractivity (Wildman–Crippen MR) is 163 cm³/mol. The highest BCUT2D eigenvalue weighted by Gasteiger charge is 2.33. The number of amides is 1. The number of likely N-dealkylation sites (N-methyl/N-ethyl adjacent to an activating group) is 2. The molecular formula is C31H30BrF3N6O2. The number of carbonyl (C=O) groups excluding carboxylic acids is 1. The Kier molecular flexibility index (Phi) is 8.97. The van der Waals surface area contributed by atoms with E-state index < -0.39 is 17.6 Å². The average Bonchev–Trinajstić information content (AvgIpc) is 3.42. The first-order valence-electron chi connectivity index (χ1n) is 13.7. The minimum absolute atomic E-state index is 0.0711. The third-order valence-corrected chi connectivity index (χ3v) is 7.74. The molecule has 1 fully saturated rings. The van der Waals surface area contributed by atoms with Crippen LogP contribution in [0.25, 0.3) is 11.3 Å². The molecule has 4 aromatic rings. The number of aromatic nitrogens is 3. The van der Waals surface area contributed by atoms with E-state index in [-0.39, 0.29) is 23.2 Å². The molecule has 5 rings (SSSR count). The Morgan fingerprint density at radius 3 is 2.67 bits per heavy atom. The van der Waals surface area contributed by atoms with E-state index in [4.69, 9.17) is 4.74 Å². The molecule has 1 aliphatic rings. The Balaban J connectivity index is 1.44. The van der Waals surface area contributed by atoms with Crippen LogP contribution in [0.5, 0.6) is 11.6 Å². The molecule has 0 saturated carbocycles. The topological polar surface area (TPSA) is 83.5 Å². The fourth-order valence-corrected chi connectivity index (χ4v) is 5.46. The normalized spacial score (nSPS) is 15.4. The van der Waals surface area contributed by atoms with Crippen molar-refractivity contribution in [3.8, 4) is 22.9 Å². The van der Waals surface area contributed by atoms with Gasteiger partial charge in [-0.15, -0.1) is 0 Å². The lowest BCUT2D eigenvalue weighted by molar-refractivity contribution is -0.137. The summed E-state index contributed by atoms with van der Waals surface area (Å²) in [5.74, 6) is 0.664. The largest absolute Gasteiger partial charge is 0.438 e. The smallest absolute Gasteiger partial charge is 0.416 e. The third-order valence-electron chi connectivity index (χ3n) is 7.28. The monoisotopic (exact) mass is 654 g/mol. The first kappa shape index (κ1) is 30.4. The Hall–Kier alpha value is -4.03. The first-order chi connectivity index (χ1) is 20.5. The summed E-state index contributed by atoms with van der Waals surface area (Å²) >= 11 is 3.43. The van der Waals surface area contributed by atoms with E-state index in [1.54, 1.807) is 36.7 Å². The Bertz CT molecular complexity index is 1630. The van der Waals surface area contributed by atoms with Gasteiger partial charge < -0.3 is 19.9 Å². The summed E-state index contributed by atoms with van der Waals surface area (Å²) < 4.78 is 47.6. The maximum absolute atomic E-state index is 13.7. The molecule has 8 nitrogen and oxygen atoms in total. The lowest BCUT2D eigenvalue weighted by atomic mass is 10.1. The number of nitrogens with one attached hydrogen (secondary N) is 1. The van der Waals surface area contributed by atoms with Crippen molar-refractivity contribution in [2.24, 2.45) is 0 Å². The second kappa shape index (κ2) is 12.7. The number of carbonyl (C=O) groups is 1. The molecule has 0 spiro atoms. The quantitative estimate of drug-likeness (QED) is 0.218. The van der Waals surface area contributed by atoms with Gasteiger partial charge in [0, 0.05) is 48.5 Å². The molecule has 0 aliphatic carbocycles. The van der Waals surface area contributed by atoms with Crippen LogP contribution in [0, 0.1) is 0 Å². The summed E-state index contributed by atoms with van der Waals surface area (Å²) in [6.07, 6.45) is 0.209. The van der Waals surface area contributed by atoms with Gasteiger partial charge in [-0.05, 0) is 74.6 Å². The van der Waals surface area contributed by atoms with Crippen molar-refractivity contribution in [2.75, 3.05) is 37.4 Å². The molecule has 1 saturated heterocycles. The maximum atomic E-state index is 13.7. The van der Waals surface area contributed by atoms with Crippen molar-refractivity contribution >= 4 is 33.2 Å². The van der Waals surface area contributed by atoms with Gasteiger partial charge in [-0.2, -0.15) is 13.2 Å². The van der Waals surface area contributed by atoms with Gasteiger partial charge in [0.05, 0.1) is 28.2 Å². The van der Waals surface area contributed by atoms with Crippen LogP contribution >= 0.6 is 15.9 Å². The van der Waals surface area contributed by atoms with Crippen molar-refractivity contribution in [1.82, 2.24) is 19.9 Å². The van der Waals surface area contributed by atoms with Crippen molar-refractivity contribution in [2.45, 2.75) is 32.0 Å². The summed E-state index contributed by atoms with van der Waals surface area (Å²) in [4.78, 5) is 30.8. The molecule has 2 aromatic carbocycles. The van der Waals surface area contributed by atoms with Crippen molar-refractivity contribution in [3.05, 3.63) is 88.4 Å². The Morgan fingerprint density at radius 2 is 1.95 bits per heavy atom. The summed E-state index contributed by atoms with van der Waals surface area (Å²) in [5, 5.41) is 2.72. The summed E-state index contributed by atoms with van der Waals surface area (Å²) in [6.45, 7) is 3.61. The van der Waals surface area contributed by atoms with Crippen LogP contribution in [0.4, 0.5) is 24.5 Å². The molecule has 224 valence electrons. The number of likely N-dealkylation sites (tertiary alicyclic amines) is 1. The van der Waals surface area contributed by atoms with Gasteiger partial charge in [0.1, 0.15) is 11.6 Å². The number of hydrogen-bond acceptors (Lipinski definition) is 7. The lowest BCUT2D eigenvalue weighted by Gasteiger charge is -2.29. The van der Waals surface area contributed by atoms with Gasteiger partial charge in [0.15, 0.2) is 0 Å². The zero-order chi connectivity index (χ0) is 30.7. The van der Waals surface area contributed by atoms with Gasteiger partial charge >= 0.3 is 6.18 Å². The lowest BCUT2D eigenvalue weighted by Crippen LogP contribution is -2.34. The fourth-order valence-electron chi connectivity index (χ4n) is 4.99. The van der Waals surface area contributed by atoms with Gasteiger partial charge in [-0.25, -0.2) is 15.0 Å². The average molecular weight is 656 g/mol. The maximum Gasteiger partial charge on any atom is 0.416 e. The number of pyridine rings is 1. The second-order valence-electron chi connectivity index (χ2n) is 10.3. The number of aryl methyl sites for hydroxylation is 1. The molecule has 1 aliphatic heterocycles. The molecule has 1 N–H and O–H groups in total. The Morgan fingerprint density at radius 1 is 1.14 bits per heavy atom. The van der Waals surface area contributed by atoms with E-state index in [0.29, 0.717) is 39.4 Å². The number of halogens is 4. The molecule has 0 unspecified atom stereocenters. The zero-order valence-corrected chi connectivity index (χ0v) is 25.4. The highest BCUT2D eigenvalue weighted by atomic mass is 79.9. The van der Waals surface area contributed by atoms with E-state index in [2.05, 4.69) is 41.1 Å². The van der Waals surface area contributed by atoms with Crippen LogP contribution in [-0.2, 0) is 12.6 Å². The predicted octanol–water partition coefficient (Wildman–Crippen LogP) is 7.07. The minimum Gasteiger partial charge on any atom is -0.438 e. The molecule has 0 radical (unpaired) electrons. The first-order valence-corrected chi connectivity index (χ1v) is 14.5. The number of hydrogen-bond donors (Lipinski definition) is 1. The summed E-state index contributed by atoms with van der Waals surface area (Å²) in [5.41, 5.74) is 1.19. The molecule has 0 bridgehead atoms. The number of benzene rings is 2. The van der Waals surface area contributed by atoms with Crippen LogP contribution in [0.1, 0.15) is 35.1 Å². The summed E-state index contributed by atoms with van der Waals surface area (Å²) in [6, 6.07) is 13.6. The van der Waals surface area contributed by atoms with E-state index in [1.807, 2.05) is 32.0 Å². The van der Waals surface area contributed by atoms with Gasteiger partial charge in [-0.3, -0.25) is 4.79 Å². The SMILES string of the molecule is CCc1nccc(-c2cccnc2Oc2cc(Br)cc(C(=O)Nc3cc(C(F)(F)F)ccc3N(C)[C@@H]3CCN(C)C3)c2)n1. The molecule has 1 amide bonds. The van der Waals surface area contributed by atoms with E-state index >= 15 is 0 Å². The number of anilines is 2. The van der Waals surface area contributed by atoms with Gasteiger partial charge in [-0.1, -0.05) is 22.9 Å².